The van der Waals surface area contributed by atoms with E-state index in [1.54, 1.807) is 25.1 Å². The Bertz CT molecular complexity index is 615. The van der Waals surface area contributed by atoms with Crippen molar-refractivity contribution in [2.75, 3.05) is 5.32 Å². The van der Waals surface area contributed by atoms with Crippen molar-refractivity contribution in [1.29, 1.82) is 0 Å². The van der Waals surface area contributed by atoms with Gasteiger partial charge in [-0.2, -0.15) is 10.2 Å². The number of nitrogens with zero attached hydrogens (tertiary/aromatic N) is 3. The molecule has 2 aromatic rings. The van der Waals surface area contributed by atoms with Crippen LogP contribution in [0.15, 0.2) is 28.9 Å². The molecule has 0 radical (unpaired) electrons. The second-order valence-electron chi connectivity index (χ2n) is 4.00. The summed E-state index contributed by atoms with van der Waals surface area (Å²) in [5.41, 5.74) is 1.93. The lowest BCUT2D eigenvalue weighted by Gasteiger charge is -2.08. The van der Waals surface area contributed by atoms with Gasteiger partial charge in [-0.25, -0.2) is 4.98 Å². The van der Waals surface area contributed by atoms with Gasteiger partial charge in [0, 0.05) is 0 Å². The molecule has 1 N–H and O–H groups in total. The Labute approximate surface area is 119 Å². The molecule has 19 heavy (non-hydrogen) atoms. The van der Waals surface area contributed by atoms with Crippen molar-refractivity contribution in [3.05, 3.63) is 45.8 Å². The van der Waals surface area contributed by atoms with Crippen LogP contribution in [0.1, 0.15) is 28.7 Å². The number of nitrogens with one attached hydrogen (secondary N) is 1. The maximum atomic E-state index is 12.2. The number of hydrogen-bond donors (Lipinski definition) is 1. The van der Waals surface area contributed by atoms with E-state index in [1.807, 2.05) is 13.0 Å². The lowest BCUT2D eigenvalue weighted by atomic mass is 10.1. The lowest BCUT2D eigenvalue weighted by Crippen LogP contribution is -2.16. The molecule has 0 unspecified atom stereocenters. The number of carbonyl (C=O) groups excluding carboxylic acids is 1. The molecule has 1 amide bonds. The topological polar surface area (TPSA) is 67.8 Å². The third-order valence-electron chi connectivity index (χ3n) is 2.53. The monoisotopic (exact) mass is 320 g/mol. The van der Waals surface area contributed by atoms with Gasteiger partial charge in [0.1, 0.15) is 10.4 Å². The standard InChI is InChI=1S/C13H13BrN4O/c1-3-10-9(7-8(2)17-18-10)13(19)16-12-6-4-5-11(14)15-12/h4-7H,3H2,1-2H3,(H,15,16,19). The Morgan fingerprint density at radius 2 is 2.16 bits per heavy atom. The molecular weight excluding hydrogens is 308 g/mol. The minimum absolute atomic E-state index is 0.222. The van der Waals surface area contributed by atoms with Gasteiger partial charge in [0.15, 0.2) is 0 Å². The third kappa shape index (κ3) is 3.35. The molecule has 0 atom stereocenters. The Morgan fingerprint density at radius 1 is 1.37 bits per heavy atom. The Kier molecular flexibility index (Phi) is 4.21. The SMILES string of the molecule is CCc1nnc(C)cc1C(=O)Nc1cccc(Br)n1. The second kappa shape index (κ2) is 5.88. The van der Waals surface area contributed by atoms with Crippen LogP contribution >= 0.6 is 15.9 Å². The van der Waals surface area contributed by atoms with Gasteiger partial charge < -0.3 is 5.32 Å². The number of carbonyl (C=O) groups is 1. The summed E-state index contributed by atoms with van der Waals surface area (Å²) in [5.74, 6) is 0.274. The van der Waals surface area contributed by atoms with Crippen molar-refractivity contribution >= 4 is 27.7 Å². The van der Waals surface area contributed by atoms with Crippen molar-refractivity contribution in [1.82, 2.24) is 15.2 Å². The van der Waals surface area contributed by atoms with Crippen LogP contribution in [0, 0.1) is 6.92 Å². The number of halogens is 1. The summed E-state index contributed by atoms with van der Waals surface area (Å²) in [5, 5.41) is 10.8. The van der Waals surface area contributed by atoms with E-state index in [0.29, 0.717) is 33.8 Å². The Hall–Kier alpha value is -1.82. The van der Waals surface area contributed by atoms with Gasteiger partial charge in [-0.15, -0.1) is 0 Å². The summed E-state index contributed by atoms with van der Waals surface area (Å²) < 4.78 is 0.671. The molecule has 0 aliphatic heterocycles. The van der Waals surface area contributed by atoms with Crippen LogP contribution in [0.25, 0.3) is 0 Å². The van der Waals surface area contributed by atoms with E-state index >= 15 is 0 Å². The molecule has 2 heterocycles. The molecule has 98 valence electrons. The predicted molar refractivity (Wildman–Crippen MR) is 76.0 cm³/mol. The summed E-state index contributed by atoms with van der Waals surface area (Å²) in [4.78, 5) is 16.4. The fourth-order valence-electron chi connectivity index (χ4n) is 1.63. The highest BCUT2D eigenvalue weighted by molar-refractivity contribution is 9.10. The molecule has 0 fully saturated rings. The first-order valence-corrected chi connectivity index (χ1v) is 6.66. The molecule has 2 rings (SSSR count). The predicted octanol–water partition coefficient (Wildman–Crippen LogP) is 2.76. The minimum atomic E-state index is -0.222. The van der Waals surface area contributed by atoms with Gasteiger partial charge in [0.05, 0.1) is 17.0 Å². The van der Waals surface area contributed by atoms with E-state index in [2.05, 4.69) is 36.4 Å². The number of rotatable bonds is 3. The summed E-state index contributed by atoms with van der Waals surface area (Å²) in [6.07, 6.45) is 0.655. The van der Waals surface area contributed by atoms with Gasteiger partial charge in [-0.1, -0.05) is 13.0 Å². The normalized spacial score (nSPS) is 10.3. The minimum Gasteiger partial charge on any atom is -0.306 e. The van der Waals surface area contributed by atoms with E-state index in [-0.39, 0.29) is 5.91 Å². The highest BCUT2D eigenvalue weighted by Crippen LogP contribution is 2.13. The zero-order valence-electron chi connectivity index (χ0n) is 10.6. The Balaban J connectivity index is 2.27. The van der Waals surface area contributed by atoms with Crippen LogP contribution in [0.3, 0.4) is 0 Å². The van der Waals surface area contributed by atoms with Crippen molar-refractivity contribution in [3.63, 3.8) is 0 Å². The van der Waals surface area contributed by atoms with E-state index in [1.165, 1.54) is 0 Å². The first-order valence-electron chi connectivity index (χ1n) is 5.87. The average molecular weight is 321 g/mol. The number of anilines is 1. The van der Waals surface area contributed by atoms with Gasteiger partial charge >= 0.3 is 0 Å². The third-order valence-corrected chi connectivity index (χ3v) is 2.97. The molecule has 0 aromatic carbocycles. The zero-order chi connectivity index (χ0) is 13.8. The first-order chi connectivity index (χ1) is 9.10. The Morgan fingerprint density at radius 3 is 2.84 bits per heavy atom. The molecule has 0 aliphatic rings. The van der Waals surface area contributed by atoms with Crippen LogP contribution in [0.5, 0.6) is 0 Å². The van der Waals surface area contributed by atoms with Crippen molar-refractivity contribution in [2.45, 2.75) is 20.3 Å². The summed E-state index contributed by atoms with van der Waals surface area (Å²) in [6, 6.07) is 7.07. The number of hydrogen-bond acceptors (Lipinski definition) is 4. The fraction of sp³-hybridized carbons (Fsp3) is 0.231. The zero-order valence-corrected chi connectivity index (χ0v) is 12.2. The van der Waals surface area contributed by atoms with Crippen LogP contribution in [0.2, 0.25) is 0 Å². The number of pyridine rings is 1. The molecule has 0 aliphatic carbocycles. The van der Waals surface area contributed by atoms with Crippen molar-refractivity contribution in [3.8, 4) is 0 Å². The molecule has 0 saturated carbocycles. The molecule has 6 heteroatoms. The van der Waals surface area contributed by atoms with Gasteiger partial charge in [0.25, 0.3) is 5.91 Å². The van der Waals surface area contributed by atoms with Crippen molar-refractivity contribution in [2.24, 2.45) is 0 Å². The van der Waals surface area contributed by atoms with E-state index in [9.17, 15) is 4.79 Å². The summed E-state index contributed by atoms with van der Waals surface area (Å²) in [7, 11) is 0. The fourth-order valence-corrected chi connectivity index (χ4v) is 1.98. The van der Waals surface area contributed by atoms with Crippen LogP contribution in [-0.2, 0) is 6.42 Å². The molecule has 5 nitrogen and oxygen atoms in total. The number of aryl methyl sites for hydroxylation is 2. The smallest absolute Gasteiger partial charge is 0.258 e. The average Bonchev–Trinajstić information content (AvgIpc) is 2.38. The van der Waals surface area contributed by atoms with E-state index in [0.717, 1.165) is 0 Å². The first kappa shape index (κ1) is 13.6. The summed E-state index contributed by atoms with van der Waals surface area (Å²) >= 11 is 3.26. The highest BCUT2D eigenvalue weighted by Gasteiger charge is 2.13. The van der Waals surface area contributed by atoms with Crippen LogP contribution < -0.4 is 5.32 Å². The molecular formula is C13H13BrN4O. The highest BCUT2D eigenvalue weighted by atomic mass is 79.9. The quantitative estimate of drug-likeness (QED) is 0.883. The maximum absolute atomic E-state index is 12.2. The van der Waals surface area contributed by atoms with E-state index < -0.39 is 0 Å². The van der Waals surface area contributed by atoms with Crippen molar-refractivity contribution < 1.29 is 4.79 Å². The molecule has 2 aromatic heterocycles. The number of amides is 1. The van der Waals surface area contributed by atoms with Gasteiger partial charge in [-0.3, -0.25) is 4.79 Å². The van der Waals surface area contributed by atoms with Crippen LogP contribution in [-0.4, -0.2) is 21.1 Å². The summed E-state index contributed by atoms with van der Waals surface area (Å²) in [6.45, 7) is 3.74. The molecule has 0 spiro atoms. The lowest BCUT2D eigenvalue weighted by molar-refractivity contribution is 0.102. The van der Waals surface area contributed by atoms with Gasteiger partial charge in [-0.05, 0) is 47.5 Å². The van der Waals surface area contributed by atoms with Gasteiger partial charge in [0.2, 0.25) is 0 Å². The molecule has 0 saturated heterocycles. The van der Waals surface area contributed by atoms with Crippen LogP contribution in [0.4, 0.5) is 5.82 Å². The molecule has 0 bridgehead atoms. The largest absolute Gasteiger partial charge is 0.306 e. The number of aromatic nitrogens is 3. The second-order valence-corrected chi connectivity index (χ2v) is 4.81. The maximum Gasteiger partial charge on any atom is 0.258 e. The van der Waals surface area contributed by atoms with E-state index in [4.69, 9.17) is 0 Å².